The predicted molar refractivity (Wildman–Crippen MR) is 30.7 cm³/mol. The molecular formula is C5H3F5N2. The van der Waals surface area contributed by atoms with E-state index in [0.29, 0.717) is 6.20 Å². The lowest BCUT2D eigenvalue weighted by molar-refractivity contribution is -0.209. The van der Waals surface area contributed by atoms with Crippen LogP contribution in [0.1, 0.15) is 0 Å². The van der Waals surface area contributed by atoms with Crippen molar-refractivity contribution < 1.29 is 22.0 Å². The molecule has 0 aromatic carbocycles. The topological polar surface area (TPSA) is 24.4 Å². The number of halogens is 5. The summed E-state index contributed by atoms with van der Waals surface area (Å²) >= 11 is 0. The van der Waals surface area contributed by atoms with Gasteiger partial charge in [-0.15, -0.1) is 0 Å². The largest absolute Gasteiger partial charge is 0.447 e. The van der Waals surface area contributed by atoms with Crippen molar-refractivity contribution in [3.05, 3.63) is 12.3 Å². The van der Waals surface area contributed by atoms with Crippen molar-refractivity contribution in [1.29, 1.82) is 0 Å². The monoisotopic (exact) mass is 186 g/mol. The van der Waals surface area contributed by atoms with E-state index >= 15 is 0 Å². The molecule has 1 atom stereocenters. The van der Waals surface area contributed by atoms with Crippen LogP contribution in [0.3, 0.4) is 0 Å². The molecule has 0 aromatic heterocycles. The number of rotatable bonds is 0. The fourth-order valence-corrected chi connectivity index (χ4v) is 0.591. The number of nitrogens with zero attached hydrogens (tertiary/aromatic N) is 1. The van der Waals surface area contributed by atoms with E-state index in [-0.39, 0.29) is 6.08 Å². The molecule has 0 spiro atoms. The van der Waals surface area contributed by atoms with Crippen molar-refractivity contribution in [2.75, 3.05) is 0 Å². The minimum atomic E-state index is -5.23. The molecule has 0 fully saturated rings. The maximum absolute atomic E-state index is 12.7. The first kappa shape index (κ1) is 8.95. The fraction of sp³-hybridized carbons (Fsp3) is 0.400. The molecule has 68 valence electrons. The zero-order valence-electron chi connectivity index (χ0n) is 5.49. The Morgan fingerprint density at radius 2 is 2.00 bits per heavy atom. The molecule has 0 radical (unpaired) electrons. The normalized spacial score (nSPS) is 29.6. The van der Waals surface area contributed by atoms with Crippen LogP contribution < -0.4 is 5.32 Å². The first-order valence-electron chi connectivity index (χ1n) is 2.80. The lowest BCUT2D eigenvalue weighted by atomic mass is 10.2. The number of hydrogen-bond donors (Lipinski definition) is 1. The van der Waals surface area contributed by atoms with Crippen molar-refractivity contribution in [3.63, 3.8) is 0 Å². The zero-order chi connectivity index (χ0) is 9.41. The third kappa shape index (κ3) is 1.39. The maximum atomic E-state index is 12.7. The SMILES string of the molecule is FC1=NC(F)(C(F)(F)F)C=CN1. The second-order valence-electron chi connectivity index (χ2n) is 2.05. The quantitative estimate of drug-likeness (QED) is 0.451. The summed E-state index contributed by atoms with van der Waals surface area (Å²) in [4.78, 5) is 2.15. The van der Waals surface area contributed by atoms with Crippen molar-refractivity contribution in [2.45, 2.75) is 12.0 Å². The number of hydrogen-bond acceptors (Lipinski definition) is 2. The van der Waals surface area contributed by atoms with Gasteiger partial charge in [0.25, 0.3) is 6.09 Å². The van der Waals surface area contributed by atoms with E-state index < -0.39 is 18.1 Å². The van der Waals surface area contributed by atoms with Gasteiger partial charge in [0.2, 0.25) is 0 Å². The van der Waals surface area contributed by atoms with Gasteiger partial charge in [-0.3, -0.25) is 0 Å². The molecule has 1 unspecified atom stereocenters. The molecule has 1 aliphatic rings. The van der Waals surface area contributed by atoms with Crippen LogP contribution in [0.15, 0.2) is 17.3 Å². The van der Waals surface area contributed by atoms with E-state index in [9.17, 15) is 22.0 Å². The van der Waals surface area contributed by atoms with Gasteiger partial charge in [-0.2, -0.15) is 22.6 Å². The molecule has 2 nitrogen and oxygen atoms in total. The Bertz CT molecular complexity index is 243. The van der Waals surface area contributed by atoms with Crippen LogP contribution in [0.2, 0.25) is 0 Å². The van der Waals surface area contributed by atoms with E-state index in [2.05, 4.69) is 4.99 Å². The molecule has 12 heavy (non-hydrogen) atoms. The van der Waals surface area contributed by atoms with Crippen LogP contribution in [0.5, 0.6) is 0 Å². The third-order valence-corrected chi connectivity index (χ3v) is 1.17. The van der Waals surface area contributed by atoms with Gasteiger partial charge in [-0.05, 0) is 0 Å². The van der Waals surface area contributed by atoms with E-state index in [4.69, 9.17) is 0 Å². The smallest absolute Gasteiger partial charge is 0.323 e. The lowest BCUT2D eigenvalue weighted by Gasteiger charge is -2.22. The highest BCUT2D eigenvalue weighted by molar-refractivity contribution is 5.75. The molecule has 0 bridgehead atoms. The molecule has 0 saturated carbocycles. The zero-order valence-corrected chi connectivity index (χ0v) is 5.49. The minimum absolute atomic E-state index is 0.0933. The highest BCUT2D eigenvalue weighted by Crippen LogP contribution is 2.37. The van der Waals surface area contributed by atoms with Gasteiger partial charge < -0.3 is 5.32 Å². The van der Waals surface area contributed by atoms with Gasteiger partial charge in [0.1, 0.15) is 0 Å². The number of alkyl halides is 4. The molecule has 1 aliphatic heterocycles. The van der Waals surface area contributed by atoms with Crippen molar-refractivity contribution in [2.24, 2.45) is 4.99 Å². The Labute approximate surface area is 63.8 Å². The summed E-state index contributed by atoms with van der Waals surface area (Å²) in [7, 11) is 0. The second kappa shape index (κ2) is 2.43. The highest BCUT2D eigenvalue weighted by atomic mass is 19.4. The Morgan fingerprint density at radius 3 is 2.33 bits per heavy atom. The Hall–Kier alpha value is -1.14. The summed E-state index contributed by atoms with van der Waals surface area (Å²) in [6.45, 7) is 0. The lowest BCUT2D eigenvalue weighted by Crippen LogP contribution is -2.41. The molecule has 0 aromatic rings. The molecule has 0 aliphatic carbocycles. The minimum Gasteiger partial charge on any atom is -0.323 e. The summed E-state index contributed by atoms with van der Waals surface area (Å²) in [6.07, 6.45) is -6.23. The van der Waals surface area contributed by atoms with E-state index in [1.165, 1.54) is 0 Å². The van der Waals surface area contributed by atoms with Gasteiger partial charge in [-0.25, -0.2) is 4.39 Å². The second-order valence-corrected chi connectivity index (χ2v) is 2.05. The fourth-order valence-electron chi connectivity index (χ4n) is 0.591. The van der Waals surface area contributed by atoms with Gasteiger partial charge in [-0.1, -0.05) is 0 Å². The summed E-state index contributed by atoms with van der Waals surface area (Å²) in [5.41, 5.74) is 0. The first-order chi connectivity index (χ1) is 5.35. The summed E-state index contributed by atoms with van der Waals surface area (Å²) < 4.78 is 60.0. The van der Waals surface area contributed by atoms with E-state index in [1.54, 1.807) is 5.32 Å². The van der Waals surface area contributed by atoms with Gasteiger partial charge in [0.05, 0.1) is 0 Å². The molecular weight excluding hydrogens is 183 g/mol. The molecule has 7 heteroatoms. The first-order valence-corrected chi connectivity index (χ1v) is 2.80. The molecule has 1 rings (SSSR count). The van der Waals surface area contributed by atoms with Crippen LogP contribution in [0.25, 0.3) is 0 Å². The number of nitrogens with one attached hydrogen (secondary N) is 1. The Morgan fingerprint density at radius 1 is 1.42 bits per heavy atom. The number of amidine groups is 1. The summed E-state index contributed by atoms with van der Waals surface area (Å²) in [5, 5.41) is 1.67. The standard InChI is InChI=1S/C5H3F5N2/c6-3-11-2-1-4(7,12-3)5(8,9)10/h1-2H,(H,11,12). The van der Waals surface area contributed by atoms with Gasteiger partial charge in [0.15, 0.2) is 0 Å². The van der Waals surface area contributed by atoms with Crippen molar-refractivity contribution in [3.8, 4) is 0 Å². The summed E-state index contributed by atoms with van der Waals surface area (Å²) in [5.74, 6) is -3.94. The van der Waals surface area contributed by atoms with Crippen molar-refractivity contribution in [1.82, 2.24) is 5.32 Å². The highest BCUT2D eigenvalue weighted by Gasteiger charge is 2.56. The van der Waals surface area contributed by atoms with E-state index in [0.717, 1.165) is 0 Å². The Kier molecular flexibility index (Phi) is 1.81. The summed E-state index contributed by atoms with van der Waals surface area (Å²) in [6, 6.07) is 0. The van der Waals surface area contributed by atoms with Gasteiger partial charge in [0, 0.05) is 12.3 Å². The molecule has 1 N–H and O–H groups in total. The van der Waals surface area contributed by atoms with Crippen LogP contribution >= 0.6 is 0 Å². The maximum Gasteiger partial charge on any atom is 0.447 e. The molecule has 1 heterocycles. The molecule has 0 saturated heterocycles. The van der Waals surface area contributed by atoms with E-state index in [1.807, 2.05) is 0 Å². The Balaban J connectivity index is 2.99. The molecule has 0 amide bonds. The van der Waals surface area contributed by atoms with Gasteiger partial charge >= 0.3 is 12.0 Å². The average Bonchev–Trinajstić information content (AvgIpc) is 1.83. The average molecular weight is 186 g/mol. The van der Waals surface area contributed by atoms with Crippen LogP contribution in [0.4, 0.5) is 22.0 Å². The number of aliphatic imine (C=N–C) groups is 1. The van der Waals surface area contributed by atoms with Crippen molar-refractivity contribution >= 4 is 6.09 Å². The van der Waals surface area contributed by atoms with Crippen LogP contribution in [-0.2, 0) is 0 Å². The van der Waals surface area contributed by atoms with Crippen LogP contribution in [0, 0.1) is 0 Å². The third-order valence-electron chi connectivity index (χ3n) is 1.17. The van der Waals surface area contributed by atoms with Crippen LogP contribution in [-0.4, -0.2) is 18.1 Å². The predicted octanol–water partition coefficient (Wildman–Crippen LogP) is 1.66.